The van der Waals surface area contributed by atoms with E-state index in [9.17, 15) is 9.59 Å². The van der Waals surface area contributed by atoms with Gasteiger partial charge in [-0.3, -0.25) is 10.1 Å². The Labute approximate surface area is 105 Å². The van der Waals surface area contributed by atoms with E-state index >= 15 is 0 Å². The number of aryl methyl sites for hydroxylation is 1. The number of nitrogens with zero attached hydrogens (tertiary/aromatic N) is 3. The van der Waals surface area contributed by atoms with Gasteiger partial charge in [-0.2, -0.15) is 5.10 Å². The first-order chi connectivity index (χ1) is 8.56. The standard InChI is InChI=1S/C11H17N5O2/c1-15-10(17)3-2-9(14-15)13-11(18)16-6-4-8(12)5-7-16/h2-3,8H,4-7,12H2,1H3,(H,13,14,18). The van der Waals surface area contributed by atoms with Crippen molar-refractivity contribution in [3.8, 4) is 0 Å². The molecule has 1 aliphatic rings. The molecular formula is C11H17N5O2. The van der Waals surface area contributed by atoms with Crippen molar-refractivity contribution in [3.05, 3.63) is 22.5 Å². The molecule has 1 aliphatic heterocycles. The number of likely N-dealkylation sites (tertiary alicyclic amines) is 1. The van der Waals surface area contributed by atoms with Gasteiger partial charge in [0.05, 0.1) is 0 Å². The number of nitrogens with two attached hydrogens (primary N) is 1. The molecule has 0 aromatic carbocycles. The summed E-state index contributed by atoms with van der Waals surface area (Å²) in [7, 11) is 1.54. The Bertz CT molecular complexity index is 490. The number of urea groups is 1. The van der Waals surface area contributed by atoms with Crippen molar-refractivity contribution < 1.29 is 4.79 Å². The molecule has 0 saturated carbocycles. The summed E-state index contributed by atoms with van der Waals surface area (Å²) in [5.41, 5.74) is 5.57. The van der Waals surface area contributed by atoms with Crippen molar-refractivity contribution in [1.29, 1.82) is 0 Å². The number of carbonyl (C=O) groups excluding carboxylic acids is 1. The van der Waals surface area contributed by atoms with Gasteiger partial charge in [-0.25, -0.2) is 9.48 Å². The van der Waals surface area contributed by atoms with Crippen molar-refractivity contribution in [2.75, 3.05) is 18.4 Å². The lowest BCUT2D eigenvalue weighted by Gasteiger charge is -2.29. The third-order valence-corrected chi connectivity index (χ3v) is 3.02. The van der Waals surface area contributed by atoms with Gasteiger partial charge in [-0.1, -0.05) is 0 Å². The molecular weight excluding hydrogens is 234 g/mol. The average Bonchev–Trinajstić information content (AvgIpc) is 2.34. The van der Waals surface area contributed by atoms with Crippen LogP contribution in [0.3, 0.4) is 0 Å². The molecule has 2 rings (SSSR count). The molecule has 2 amide bonds. The van der Waals surface area contributed by atoms with Crippen molar-refractivity contribution in [2.45, 2.75) is 18.9 Å². The van der Waals surface area contributed by atoms with Crippen LogP contribution in [-0.4, -0.2) is 39.8 Å². The SMILES string of the molecule is Cn1nc(NC(=O)N2CCC(N)CC2)ccc1=O. The Morgan fingerprint density at radius 1 is 1.44 bits per heavy atom. The summed E-state index contributed by atoms with van der Waals surface area (Å²) in [5.74, 6) is 0.372. The number of hydrogen-bond donors (Lipinski definition) is 2. The van der Waals surface area contributed by atoms with Gasteiger partial charge in [0.1, 0.15) is 0 Å². The highest BCUT2D eigenvalue weighted by Crippen LogP contribution is 2.10. The van der Waals surface area contributed by atoms with Gasteiger partial charge in [0.2, 0.25) is 0 Å². The third-order valence-electron chi connectivity index (χ3n) is 3.02. The lowest BCUT2D eigenvalue weighted by atomic mass is 10.1. The van der Waals surface area contributed by atoms with Crippen LogP contribution < -0.4 is 16.6 Å². The maximum absolute atomic E-state index is 11.9. The normalized spacial score (nSPS) is 16.7. The van der Waals surface area contributed by atoms with E-state index in [0.29, 0.717) is 18.9 Å². The molecule has 98 valence electrons. The van der Waals surface area contributed by atoms with Crippen LogP contribution in [0.15, 0.2) is 16.9 Å². The second-order valence-corrected chi connectivity index (χ2v) is 4.44. The van der Waals surface area contributed by atoms with Crippen LogP contribution in [0.5, 0.6) is 0 Å². The number of rotatable bonds is 1. The minimum atomic E-state index is -0.211. The Morgan fingerprint density at radius 3 is 2.72 bits per heavy atom. The Morgan fingerprint density at radius 2 is 2.11 bits per heavy atom. The van der Waals surface area contributed by atoms with E-state index in [1.165, 1.54) is 23.9 Å². The second-order valence-electron chi connectivity index (χ2n) is 4.44. The van der Waals surface area contributed by atoms with Gasteiger partial charge in [-0.05, 0) is 18.9 Å². The number of aromatic nitrogens is 2. The number of amides is 2. The maximum Gasteiger partial charge on any atom is 0.323 e. The Hall–Kier alpha value is -1.89. The molecule has 7 nitrogen and oxygen atoms in total. The topological polar surface area (TPSA) is 93.2 Å². The summed E-state index contributed by atoms with van der Waals surface area (Å²) in [4.78, 5) is 24.8. The third kappa shape index (κ3) is 2.86. The lowest BCUT2D eigenvalue weighted by Crippen LogP contribution is -2.44. The second kappa shape index (κ2) is 5.18. The number of anilines is 1. The van der Waals surface area contributed by atoms with E-state index in [1.54, 1.807) is 4.90 Å². The molecule has 0 radical (unpaired) electrons. The van der Waals surface area contributed by atoms with Gasteiger partial charge in [0.15, 0.2) is 5.82 Å². The lowest BCUT2D eigenvalue weighted by molar-refractivity contribution is 0.195. The smallest absolute Gasteiger partial charge is 0.323 e. The molecule has 0 spiro atoms. The zero-order valence-corrected chi connectivity index (χ0v) is 10.3. The highest BCUT2D eigenvalue weighted by Gasteiger charge is 2.20. The first kappa shape index (κ1) is 12.6. The molecule has 0 atom stereocenters. The summed E-state index contributed by atoms with van der Waals surface area (Å²) >= 11 is 0. The van der Waals surface area contributed by atoms with Crippen LogP contribution in [0.4, 0.5) is 10.6 Å². The van der Waals surface area contributed by atoms with Crippen LogP contribution in [0.2, 0.25) is 0 Å². The van der Waals surface area contributed by atoms with Crippen molar-refractivity contribution in [3.63, 3.8) is 0 Å². The molecule has 18 heavy (non-hydrogen) atoms. The summed E-state index contributed by atoms with van der Waals surface area (Å²) in [5, 5.41) is 6.61. The first-order valence-electron chi connectivity index (χ1n) is 5.92. The monoisotopic (exact) mass is 251 g/mol. The van der Waals surface area contributed by atoms with E-state index in [4.69, 9.17) is 5.73 Å². The summed E-state index contributed by atoms with van der Waals surface area (Å²) in [6.45, 7) is 1.30. The Kier molecular flexibility index (Phi) is 3.61. The van der Waals surface area contributed by atoms with Crippen molar-refractivity contribution in [2.24, 2.45) is 12.8 Å². The van der Waals surface area contributed by atoms with Gasteiger partial charge < -0.3 is 10.6 Å². The molecule has 0 bridgehead atoms. The van der Waals surface area contributed by atoms with Crippen LogP contribution >= 0.6 is 0 Å². The summed E-state index contributed by atoms with van der Waals surface area (Å²) < 4.78 is 1.18. The molecule has 0 aliphatic carbocycles. The van der Waals surface area contributed by atoms with Crippen molar-refractivity contribution >= 4 is 11.8 Å². The number of carbonyl (C=O) groups is 1. The maximum atomic E-state index is 11.9. The number of nitrogens with one attached hydrogen (secondary N) is 1. The molecule has 1 aromatic rings. The first-order valence-corrected chi connectivity index (χ1v) is 5.92. The molecule has 7 heteroatoms. The largest absolute Gasteiger partial charge is 0.328 e. The molecule has 1 aromatic heterocycles. The van der Waals surface area contributed by atoms with E-state index in [1.807, 2.05) is 0 Å². The van der Waals surface area contributed by atoms with Gasteiger partial charge in [0, 0.05) is 32.2 Å². The molecule has 1 saturated heterocycles. The fourth-order valence-electron chi connectivity index (χ4n) is 1.86. The number of hydrogen-bond acceptors (Lipinski definition) is 4. The predicted molar refractivity (Wildman–Crippen MR) is 67.3 cm³/mol. The van der Waals surface area contributed by atoms with E-state index < -0.39 is 0 Å². The van der Waals surface area contributed by atoms with Crippen LogP contribution in [0, 0.1) is 0 Å². The minimum absolute atomic E-state index is 0.185. The molecule has 2 heterocycles. The Balaban J connectivity index is 1.98. The van der Waals surface area contributed by atoms with Gasteiger partial charge in [0.25, 0.3) is 5.56 Å². The van der Waals surface area contributed by atoms with Crippen LogP contribution in [0.1, 0.15) is 12.8 Å². The molecule has 1 fully saturated rings. The van der Waals surface area contributed by atoms with E-state index in [-0.39, 0.29) is 17.6 Å². The fraction of sp³-hybridized carbons (Fsp3) is 0.545. The van der Waals surface area contributed by atoms with Gasteiger partial charge >= 0.3 is 6.03 Å². The highest BCUT2D eigenvalue weighted by molar-refractivity contribution is 5.88. The van der Waals surface area contributed by atoms with Crippen molar-refractivity contribution in [1.82, 2.24) is 14.7 Å². The quantitative estimate of drug-likeness (QED) is 0.719. The highest BCUT2D eigenvalue weighted by atomic mass is 16.2. The summed E-state index contributed by atoms with van der Waals surface area (Å²) in [6.07, 6.45) is 1.63. The minimum Gasteiger partial charge on any atom is -0.328 e. The van der Waals surface area contributed by atoms with Gasteiger partial charge in [-0.15, -0.1) is 0 Å². The van der Waals surface area contributed by atoms with Crippen LogP contribution in [0.25, 0.3) is 0 Å². The van der Waals surface area contributed by atoms with Crippen LogP contribution in [-0.2, 0) is 7.05 Å². The molecule has 0 unspecified atom stereocenters. The molecule has 3 N–H and O–H groups in total. The van der Waals surface area contributed by atoms with E-state index in [2.05, 4.69) is 10.4 Å². The average molecular weight is 251 g/mol. The van der Waals surface area contributed by atoms with E-state index in [0.717, 1.165) is 12.8 Å². The zero-order chi connectivity index (χ0) is 13.1. The number of piperidine rings is 1. The summed E-state index contributed by atoms with van der Waals surface area (Å²) in [6, 6.07) is 2.85. The predicted octanol–water partition coefficient (Wildman–Crippen LogP) is -0.265. The fourth-order valence-corrected chi connectivity index (χ4v) is 1.86. The zero-order valence-electron chi connectivity index (χ0n) is 10.3.